The first kappa shape index (κ1) is 21.2. The molecule has 2 amide bonds. The van der Waals surface area contributed by atoms with E-state index in [2.05, 4.69) is 15.6 Å². The standard InChI is InChI=1S/C22H21N3O4S/c26-21(25-19-5-4-13-23-15-19)12-14-24-22(27)18-10-8-17(9-11-18)16-30(28,29)20-6-2-1-3-7-20/h1-11,13,15H,12,14,16H2,(H,24,27)(H,25,26). The summed E-state index contributed by atoms with van der Waals surface area (Å²) >= 11 is 0. The van der Waals surface area contributed by atoms with Crippen LogP contribution in [0.3, 0.4) is 0 Å². The fourth-order valence-electron chi connectivity index (χ4n) is 2.73. The van der Waals surface area contributed by atoms with Crippen LogP contribution >= 0.6 is 0 Å². The Morgan fingerprint density at radius 3 is 2.30 bits per heavy atom. The highest BCUT2D eigenvalue weighted by Gasteiger charge is 2.15. The van der Waals surface area contributed by atoms with Gasteiger partial charge in [-0.3, -0.25) is 14.6 Å². The zero-order valence-electron chi connectivity index (χ0n) is 16.1. The molecule has 2 aromatic carbocycles. The highest BCUT2D eigenvalue weighted by Crippen LogP contribution is 2.16. The van der Waals surface area contributed by atoms with Gasteiger partial charge >= 0.3 is 0 Å². The van der Waals surface area contributed by atoms with E-state index in [1.54, 1.807) is 72.9 Å². The Kier molecular flexibility index (Phi) is 6.92. The normalized spacial score (nSPS) is 10.9. The number of hydrogen-bond donors (Lipinski definition) is 2. The number of amides is 2. The van der Waals surface area contributed by atoms with Gasteiger partial charge in [-0.05, 0) is 42.0 Å². The molecule has 0 bridgehead atoms. The van der Waals surface area contributed by atoms with Crippen molar-refractivity contribution in [2.45, 2.75) is 17.1 Å². The van der Waals surface area contributed by atoms with Crippen molar-refractivity contribution in [3.8, 4) is 0 Å². The van der Waals surface area contributed by atoms with Gasteiger partial charge in [-0.15, -0.1) is 0 Å². The minimum atomic E-state index is -3.45. The summed E-state index contributed by atoms with van der Waals surface area (Å²) in [6.07, 6.45) is 3.27. The van der Waals surface area contributed by atoms with Crippen LogP contribution in [0.25, 0.3) is 0 Å². The van der Waals surface area contributed by atoms with Crippen molar-refractivity contribution in [3.05, 3.63) is 90.3 Å². The number of rotatable bonds is 8. The molecule has 3 aromatic rings. The maximum absolute atomic E-state index is 12.4. The van der Waals surface area contributed by atoms with Crippen LogP contribution in [0.1, 0.15) is 22.3 Å². The van der Waals surface area contributed by atoms with E-state index in [1.807, 2.05) is 0 Å². The smallest absolute Gasteiger partial charge is 0.251 e. The maximum Gasteiger partial charge on any atom is 0.251 e. The maximum atomic E-state index is 12.4. The summed E-state index contributed by atoms with van der Waals surface area (Å²) in [6.45, 7) is 0.176. The van der Waals surface area contributed by atoms with Gasteiger partial charge in [-0.25, -0.2) is 8.42 Å². The van der Waals surface area contributed by atoms with Gasteiger partial charge in [0, 0.05) is 24.7 Å². The molecule has 3 rings (SSSR count). The molecule has 1 aromatic heterocycles. The van der Waals surface area contributed by atoms with E-state index >= 15 is 0 Å². The molecule has 154 valence electrons. The average Bonchev–Trinajstić information content (AvgIpc) is 2.75. The van der Waals surface area contributed by atoms with Crippen LogP contribution in [0.4, 0.5) is 5.69 Å². The van der Waals surface area contributed by atoms with E-state index in [9.17, 15) is 18.0 Å². The summed E-state index contributed by atoms with van der Waals surface area (Å²) in [5, 5.41) is 5.36. The molecule has 0 fully saturated rings. The summed E-state index contributed by atoms with van der Waals surface area (Å²) in [5.41, 5.74) is 1.57. The molecule has 0 aliphatic rings. The molecular formula is C22H21N3O4S. The lowest BCUT2D eigenvalue weighted by Gasteiger charge is -2.08. The Hall–Kier alpha value is -3.52. The Morgan fingerprint density at radius 1 is 0.900 bits per heavy atom. The molecule has 0 aliphatic carbocycles. The second-order valence-corrected chi connectivity index (χ2v) is 8.55. The summed E-state index contributed by atoms with van der Waals surface area (Å²) in [6, 6.07) is 18.0. The molecule has 7 nitrogen and oxygen atoms in total. The summed E-state index contributed by atoms with van der Waals surface area (Å²) in [4.78, 5) is 28.3. The number of anilines is 1. The van der Waals surface area contributed by atoms with Crippen LogP contribution in [-0.2, 0) is 20.4 Å². The molecule has 1 heterocycles. The number of nitrogens with one attached hydrogen (secondary N) is 2. The average molecular weight is 423 g/mol. The summed E-state index contributed by atoms with van der Waals surface area (Å²) in [7, 11) is -3.45. The fraction of sp³-hybridized carbons (Fsp3) is 0.136. The number of aromatic nitrogens is 1. The summed E-state index contributed by atoms with van der Waals surface area (Å²) < 4.78 is 24.9. The summed E-state index contributed by atoms with van der Waals surface area (Å²) in [5.74, 6) is -0.709. The number of pyridine rings is 1. The van der Waals surface area contributed by atoms with E-state index < -0.39 is 9.84 Å². The second kappa shape index (κ2) is 9.80. The van der Waals surface area contributed by atoms with Crippen molar-refractivity contribution in [1.82, 2.24) is 10.3 Å². The first-order valence-electron chi connectivity index (χ1n) is 9.29. The molecule has 2 N–H and O–H groups in total. The van der Waals surface area contributed by atoms with E-state index in [-0.39, 0.29) is 35.4 Å². The number of benzene rings is 2. The minimum Gasteiger partial charge on any atom is -0.352 e. The van der Waals surface area contributed by atoms with Gasteiger partial charge in [-0.1, -0.05) is 30.3 Å². The van der Waals surface area contributed by atoms with Gasteiger partial charge in [0.15, 0.2) is 9.84 Å². The highest BCUT2D eigenvalue weighted by molar-refractivity contribution is 7.90. The predicted octanol–water partition coefficient (Wildman–Crippen LogP) is 2.81. The lowest BCUT2D eigenvalue weighted by molar-refractivity contribution is -0.116. The van der Waals surface area contributed by atoms with Crippen molar-refractivity contribution in [3.63, 3.8) is 0 Å². The predicted molar refractivity (Wildman–Crippen MR) is 114 cm³/mol. The van der Waals surface area contributed by atoms with Crippen molar-refractivity contribution < 1.29 is 18.0 Å². The minimum absolute atomic E-state index is 0.119. The molecule has 0 unspecified atom stereocenters. The van der Waals surface area contributed by atoms with Crippen molar-refractivity contribution in [1.29, 1.82) is 0 Å². The largest absolute Gasteiger partial charge is 0.352 e. The van der Waals surface area contributed by atoms with Crippen LogP contribution in [0.2, 0.25) is 0 Å². The molecule has 0 aliphatic heterocycles. The van der Waals surface area contributed by atoms with Gasteiger partial charge in [-0.2, -0.15) is 0 Å². The Balaban J connectivity index is 1.49. The van der Waals surface area contributed by atoms with Gasteiger partial charge in [0.05, 0.1) is 22.5 Å². The molecule has 8 heteroatoms. The topological polar surface area (TPSA) is 105 Å². The second-order valence-electron chi connectivity index (χ2n) is 6.56. The lowest BCUT2D eigenvalue weighted by Crippen LogP contribution is -2.27. The molecule has 0 atom stereocenters. The van der Waals surface area contributed by atoms with Crippen LogP contribution < -0.4 is 10.6 Å². The SMILES string of the molecule is O=C(CCNC(=O)c1ccc(CS(=O)(=O)c2ccccc2)cc1)Nc1cccnc1. The van der Waals surface area contributed by atoms with Crippen LogP contribution in [0.15, 0.2) is 84.0 Å². The van der Waals surface area contributed by atoms with Crippen molar-refractivity contribution in [2.24, 2.45) is 0 Å². The molecular weight excluding hydrogens is 402 g/mol. The number of carbonyl (C=O) groups excluding carboxylic acids is 2. The van der Waals surface area contributed by atoms with Gasteiger partial charge in [0.2, 0.25) is 5.91 Å². The Labute approximate surface area is 175 Å². The number of sulfone groups is 1. The molecule has 0 saturated heterocycles. The van der Waals surface area contributed by atoms with Gasteiger partial charge in [0.1, 0.15) is 0 Å². The number of hydrogen-bond acceptors (Lipinski definition) is 5. The quantitative estimate of drug-likeness (QED) is 0.580. The van der Waals surface area contributed by atoms with E-state index in [0.29, 0.717) is 16.8 Å². The van der Waals surface area contributed by atoms with Gasteiger partial charge in [0.25, 0.3) is 5.91 Å². The van der Waals surface area contributed by atoms with Crippen LogP contribution in [-0.4, -0.2) is 31.8 Å². The van der Waals surface area contributed by atoms with Gasteiger partial charge < -0.3 is 10.6 Å². The molecule has 0 saturated carbocycles. The van der Waals surface area contributed by atoms with E-state index in [1.165, 1.54) is 6.20 Å². The number of carbonyl (C=O) groups is 2. The van der Waals surface area contributed by atoms with Crippen molar-refractivity contribution in [2.75, 3.05) is 11.9 Å². The van der Waals surface area contributed by atoms with Crippen molar-refractivity contribution >= 4 is 27.3 Å². The first-order valence-corrected chi connectivity index (χ1v) is 10.9. The Morgan fingerprint density at radius 2 is 1.63 bits per heavy atom. The fourth-order valence-corrected chi connectivity index (χ4v) is 4.10. The molecule has 0 spiro atoms. The third-order valence-corrected chi connectivity index (χ3v) is 5.96. The zero-order valence-corrected chi connectivity index (χ0v) is 16.9. The Bertz CT molecular complexity index is 1100. The highest BCUT2D eigenvalue weighted by atomic mass is 32.2. The molecule has 30 heavy (non-hydrogen) atoms. The third kappa shape index (κ3) is 5.99. The van der Waals surface area contributed by atoms with E-state index in [4.69, 9.17) is 0 Å². The van der Waals surface area contributed by atoms with Crippen LogP contribution in [0, 0.1) is 0 Å². The molecule has 0 radical (unpaired) electrons. The lowest BCUT2D eigenvalue weighted by atomic mass is 10.1. The third-order valence-electron chi connectivity index (χ3n) is 4.26. The first-order chi connectivity index (χ1) is 14.4. The van der Waals surface area contributed by atoms with E-state index in [0.717, 1.165) is 0 Å². The van der Waals surface area contributed by atoms with Crippen LogP contribution in [0.5, 0.6) is 0 Å². The monoisotopic (exact) mass is 423 g/mol. The number of nitrogens with zero attached hydrogens (tertiary/aromatic N) is 1. The zero-order chi connectivity index (χ0) is 21.4.